The lowest BCUT2D eigenvalue weighted by Crippen LogP contribution is -2.27. The van der Waals surface area contributed by atoms with E-state index in [9.17, 15) is 4.79 Å². The molecule has 5 nitrogen and oxygen atoms in total. The predicted octanol–water partition coefficient (Wildman–Crippen LogP) is 2.25. The predicted molar refractivity (Wildman–Crippen MR) is 78.5 cm³/mol. The number of rotatable bonds is 7. The molecule has 0 radical (unpaired) electrons. The van der Waals surface area contributed by atoms with Gasteiger partial charge in [0.2, 0.25) is 0 Å². The summed E-state index contributed by atoms with van der Waals surface area (Å²) in [6.45, 7) is 6.03. The van der Waals surface area contributed by atoms with E-state index >= 15 is 0 Å². The second kappa shape index (κ2) is 6.52. The summed E-state index contributed by atoms with van der Waals surface area (Å²) in [5.41, 5.74) is 0.657. The molecule has 1 saturated carbocycles. The second-order valence-electron chi connectivity index (χ2n) is 4.95. The Balaban J connectivity index is 2.01. The maximum absolute atomic E-state index is 12.1. The summed E-state index contributed by atoms with van der Waals surface area (Å²) in [6, 6.07) is 0. The van der Waals surface area contributed by atoms with Crippen molar-refractivity contribution in [1.82, 2.24) is 9.78 Å². The molecule has 1 heterocycles. The van der Waals surface area contributed by atoms with Gasteiger partial charge in [0, 0.05) is 19.7 Å². The molecule has 19 heavy (non-hydrogen) atoms. The normalized spacial score (nSPS) is 16.4. The van der Waals surface area contributed by atoms with Crippen LogP contribution in [0.3, 0.4) is 0 Å². The van der Waals surface area contributed by atoms with Crippen molar-refractivity contribution in [2.45, 2.75) is 39.3 Å². The fourth-order valence-corrected chi connectivity index (χ4v) is 2.31. The van der Waals surface area contributed by atoms with Crippen molar-refractivity contribution in [3.8, 4) is 0 Å². The zero-order valence-electron chi connectivity index (χ0n) is 11.4. The first-order valence-corrected chi connectivity index (χ1v) is 7.52. The third kappa shape index (κ3) is 4.04. The summed E-state index contributed by atoms with van der Waals surface area (Å²) in [7, 11) is 0. The van der Waals surface area contributed by atoms with Gasteiger partial charge in [0.25, 0.3) is 5.56 Å². The van der Waals surface area contributed by atoms with Crippen molar-refractivity contribution in [2.75, 3.05) is 18.5 Å². The quantitative estimate of drug-likeness (QED) is 0.833. The molecule has 1 aliphatic carbocycles. The van der Waals surface area contributed by atoms with Crippen molar-refractivity contribution in [3.63, 3.8) is 0 Å². The summed E-state index contributed by atoms with van der Waals surface area (Å²) in [5, 5.41) is 7.40. The van der Waals surface area contributed by atoms with Crippen LogP contribution in [-0.2, 0) is 11.3 Å². The molecule has 1 fully saturated rings. The Hall–Kier alpha value is -0.880. The van der Waals surface area contributed by atoms with Gasteiger partial charge in [-0.2, -0.15) is 5.10 Å². The van der Waals surface area contributed by atoms with Gasteiger partial charge in [0.15, 0.2) is 0 Å². The molecule has 0 amide bonds. The highest BCUT2D eigenvalue weighted by atomic mass is 79.9. The monoisotopic (exact) mass is 329 g/mol. The van der Waals surface area contributed by atoms with Gasteiger partial charge in [-0.1, -0.05) is 0 Å². The summed E-state index contributed by atoms with van der Waals surface area (Å²) in [6.07, 6.45) is 4.22. The molecule has 0 bridgehead atoms. The zero-order chi connectivity index (χ0) is 13.8. The SMILES string of the molecule is CCOC(C)CNc1cnn(CC2CC2)c(=O)c1Br. The lowest BCUT2D eigenvalue weighted by molar-refractivity contribution is 0.0855. The topological polar surface area (TPSA) is 56.1 Å². The summed E-state index contributed by atoms with van der Waals surface area (Å²) in [4.78, 5) is 12.1. The van der Waals surface area contributed by atoms with Crippen LogP contribution in [0.1, 0.15) is 26.7 Å². The van der Waals surface area contributed by atoms with Gasteiger partial charge in [-0.15, -0.1) is 0 Å². The van der Waals surface area contributed by atoms with Crippen LogP contribution in [0.2, 0.25) is 0 Å². The van der Waals surface area contributed by atoms with Crippen LogP contribution in [0.5, 0.6) is 0 Å². The van der Waals surface area contributed by atoms with Gasteiger partial charge >= 0.3 is 0 Å². The lowest BCUT2D eigenvalue weighted by Gasteiger charge is -2.14. The van der Waals surface area contributed by atoms with Crippen LogP contribution in [0.4, 0.5) is 5.69 Å². The second-order valence-corrected chi connectivity index (χ2v) is 5.74. The van der Waals surface area contributed by atoms with Gasteiger partial charge in [-0.25, -0.2) is 4.68 Å². The smallest absolute Gasteiger partial charge is 0.283 e. The van der Waals surface area contributed by atoms with E-state index in [1.54, 1.807) is 10.9 Å². The Morgan fingerprint density at radius 1 is 1.63 bits per heavy atom. The standard InChI is InChI=1S/C13H20BrN3O2/c1-3-19-9(2)6-15-11-7-16-17(8-10-4-5-10)13(18)12(11)14/h7,9-10,15H,3-6,8H2,1-2H3. The van der Waals surface area contributed by atoms with Crippen LogP contribution in [0.15, 0.2) is 15.5 Å². The van der Waals surface area contributed by atoms with Crippen molar-refractivity contribution in [1.29, 1.82) is 0 Å². The average molecular weight is 330 g/mol. The van der Waals surface area contributed by atoms with E-state index in [-0.39, 0.29) is 11.7 Å². The van der Waals surface area contributed by atoms with Gasteiger partial charge in [0.05, 0.1) is 18.0 Å². The van der Waals surface area contributed by atoms with Crippen LogP contribution in [0.25, 0.3) is 0 Å². The number of hydrogen-bond donors (Lipinski definition) is 1. The lowest BCUT2D eigenvalue weighted by atomic mass is 10.3. The molecule has 0 aromatic carbocycles. The molecule has 0 saturated heterocycles. The minimum Gasteiger partial charge on any atom is -0.380 e. The maximum Gasteiger partial charge on any atom is 0.283 e. The summed E-state index contributed by atoms with van der Waals surface area (Å²) >= 11 is 3.35. The van der Waals surface area contributed by atoms with Crippen LogP contribution in [-0.4, -0.2) is 29.0 Å². The van der Waals surface area contributed by atoms with Crippen molar-refractivity contribution in [2.24, 2.45) is 5.92 Å². The van der Waals surface area contributed by atoms with E-state index in [1.807, 2.05) is 13.8 Å². The van der Waals surface area contributed by atoms with Gasteiger partial charge in [-0.3, -0.25) is 4.79 Å². The Morgan fingerprint density at radius 3 is 3.00 bits per heavy atom. The van der Waals surface area contributed by atoms with E-state index < -0.39 is 0 Å². The fourth-order valence-electron chi connectivity index (χ4n) is 1.86. The highest BCUT2D eigenvalue weighted by molar-refractivity contribution is 9.10. The first kappa shape index (κ1) is 14.5. The first-order chi connectivity index (χ1) is 9.11. The van der Waals surface area contributed by atoms with E-state index in [2.05, 4.69) is 26.3 Å². The van der Waals surface area contributed by atoms with Gasteiger partial charge in [-0.05, 0) is 48.5 Å². The average Bonchev–Trinajstić information content (AvgIpc) is 3.18. The largest absolute Gasteiger partial charge is 0.380 e. The number of halogens is 1. The third-order valence-corrected chi connectivity index (χ3v) is 3.91. The van der Waals surface area contributed by atoms with Crippen LogP contribution < -0.4 is 10.9 Å². The van der Waals surface area contributed by atoms with E-state index in [0.29, 0.717) is 23.5 Å². The summed E-state index contributed by atoms with van der Waals surface area (Å²) in [5.74, 6) is 0.633. The Bertz CT molecular complexity index is 485. The minimum atomic E-state index is -0.0686. The highest BCUT2D eigenvalue weighted by Gasteiger charge is 2.23. The van der Waals surface area contributed by atoms with E-state index in [4.69, 9.17) is 4.74 Å². The number of anilines is 1. The molecule has 0 spiro atoms. The minimum absolute atomic E-state index is 0.0686. The molecule has 0 aliphatic heterocycles. The van der Waals surface area contributed by atoms with Crippen LogP contribution in [0, 0.1) is 5.92 Å². The molecule has 6 heteroatoms. The number of hydrogen-bond acceptors (Lipinski definition) is 4. The zero-order valence-corrected chi connectivity index (χ0v) is 12.9. The molecule has 1 N–H and O–H groups in total. The van der Waals surface area contributed by atoms with Gasteiger partial charge in [0.1, 0.15) is 4.47 Å². The highest BCUT2D eigenvalue weighted by Crippen LogP contribution is 2.30. The Labute approximate surface area is 121 Å². The van der Waals surface area contributed by atoms with Gasteiger partial charge < -0.3 is 10.1 Å². The van der Waals surface area contributed by atoms with Crippen molar-refractivity contribution in [3.05, 3.63) is 21.0 Å². The van der Waals surface area contributed by atoms with Crippen LogP contribution >= 0.6 is 15.9 Å². The fraction of sp³-hybridized carbons (Fsp3) is 0.692. The molecule has 1 unspecified atom stereocenters. The van der Waals surface area contributed by atoms with E-state index in [0.717, 1.165) is 12.2 Å². The molecule has 106 valence electrons. The third-order valence-electron chi connectivity index (χ3n) is 3.14. The molecule has 1 aliphatic rings. The first-order valence-electron chi connectivity index (χ1n) is 6.73. The molecule has 1 atom stereocenters. The van der Waals surface area contributed by atoms with Crippen molar-refractivity contribution >= 4 is 21.6 Å². The molecular weight excluding hydrogens is 310 g/mol. The molecule has 1 aromatic rings. The molecule has 1 aromatic heterocycles. The number of ether oxygens (including phenoxy) is 1. The maximum atomic E-state index is 12.1. The number of nitrogens with one attached hydrogen (secondary N) is 1. The Kier molecular flexibility index (Phi) is 4.99. The molecular formula is C13H20BrN3O2. The Morgan fingerprint density at radius 2 is 2.37 bits per heavy atom. The molecule has 2 rings (SSSR count). The number of aromatic nitrogens is 2. The van der Waals surface area contributed by atoms with Crippen molar-refractivity contribution < 1.29 is 4.74 Å². The summed E-state index contributed by atoms with van der Waals surface area (Å²) < 4.78 is 7.53. The van der Waals surface area contributed by atoms with E-state index in [1.165, 1.54) is 12.8 Å². The number of nitrogens with zero attached hydrogens (tertiary/aromatic N) is 2.